The zero-order chi connectivity index (χ0) is 15.8. The highest BCUT2D eigenvalue weighted by molar-refractivity contribution is 5.94. The molecule has 1 aromatic carbocycles. The fourth-order valence-corrected chi connectivity index (χ4v) is 1.81. The van der Waals surface area contributed by atoms with E-state index in [1.165, 1.54) is 0 Å². The van der Waals surface area contributed by atoms with Crippen LogP contribution < -0.4 is 0 Å². The van der Waals surface area contributed by atoms with E-state index in [9.17, 15) is 13.6 Å². The van der Waals surface area contributed by atoms with E-state index in [4.69, 9.17) is 9.63 Å². The average Bonchev–Trinajstić information content (AvgIpc) is 2.77. The van der Waals surface area contributed by atoms with Gasteiger partial charge in [-0.2, -0.15) is 4.98 Å². The molecule has 7 heteroatoms. The second-order valence-electron chi connectivity index (χ2n) is 5.87. The number of carboxylic acid groups (broad SMARTS) is 1. The minimum absolute atomic E-state index is 0.0924. The molecule has 0 saturated carbocycles. The summed E-state index contributed by atoms with van der Waals surface area (Å²) in [5.41, 5.74) is -0.668. The molecule has 0 aliphatic heterocycles. The Bertz CT molecular complexity index is 690. The summed E-state index contributed by atoms with van der Waals surface area (Å²) in [6.45, 7) is 5.93. The van der Waals surface area contributed by atoms with Crippen LogP contribution in [0.2, 0.25) is 0 Å². The maximum Gasteiger partial charge on any atom is 0.336 e. The van der Waals surface area contributed by atoms with Crippen LogP contribution in [0.5, 0.6) is 0 Å². The minimum Gasteiger partial charge on any atom is -0.478 e. The summed E-state index contributed by atoms with van der Waals surface area (Å²) in [5, 5.41) is 12.8. The number of benzene rings is 1. The number of carboxylic acids is 1. The van der Waals surface area contributed by atoms with Gasteiger partial charge < -0.3 is 9.63 Å². The van der Waals surface area contributed by atoms with Crippen LogP contribution in [-0.4, -0.2) is 21.2 Å². The molecular formula is C14H14F2N2O3. The standard InChI is InChI=1S/C14H14F2N2O3/c1-14(2,3)6-11-17-12(21-18-11)7-4-9(15)10(16)5-8(7)13(19)20/h4-5H,6H2,1-3H3,(H,19,20). The first-order valence-electron chi connectivity index (χ1n) is 6.23. The number of carbonyl (C=O) groups is 1. The average molecular weight is 296 g/mol. The predicted octanol–water partition coefficient (Wildman–Crippen LogP) is 3.30. The van der Waals surface area contributed by atoms with E-state index in [1.807, 2.05) is 20.8 Å². The lowest BCUT2D eigenvalue weighted by Gasteiger charge is -2.14. The summed E-state index contributed by atoms with van der Waals surface area (Å²) in [7, 11) is 0. The van der Waals surface area contributed by atoms with Gasteiger partial charge in [0.25, 0.3) is 5.89 Å². The molecule has 0 spiro atoms. The second-order valence-corrected chi connectivity index (χ2v) is 5.87. The number of aromatic carboxylic acids is 1. The minimum atomic E-state index is -1.40. The molecular weight excluding hydrogens is 282 g/mol. The van der Waals surface area contributed by atoms with E-state index >= 15 is 0 Å². The van der Waals surface area contributed by atoms with E-state index < -0.39 is 23.2 Å². The van der Waals surface area contributed by atoms with Crippen LogP contribution in [-0.2, 0) is 6.42 Å². The zero-order valence-corrected chi connectivity index (χ0v) is 11.8. The fraction of sp³-hybridized carbons (Fsp3) is 0.357. The Balaban J connectivity index is 2.47. The number of nitrogens with zero attached hydrogens (tertiary/aromatic N) is 2. The number of hydrogen-bond acceptors (Lipinski definition) is 4. The molecule has 1 aromatic heterocycles. The van der Waals surface area contributed by atoms with Crippen LogP contribution in [0.3, 0.4) is 0 Å². The fourth-order valence-electron chi connectivity index (χ4n) is 1.81. The molecule has 5 nitrogen and oxygen atoms in total. The third-order valence-electron chi connectivity index (χ3n) is 2.68. The van der Waals surface area contributed by atoms with Crippen molar-refractivity contribution >= 4 is 5.97 Å². The van der Waals surface area contributed by atoms with Crippen molar-refractivity contribution in [1.29, 1.82) is 0 Å². The van der Waals surface area contributed by atoms with Crippen molar-refractivity contribution in [2.45, 2.75) is 27.2 Å². The van der Waals surface area contributed by atoms with Gasteiger partial charge in [0, 0.05) is 6.42 Å². The monoisotopic (exact) mass is 296 g/mol. The Hall–Kier alpha value is -2.31. The first-order chi connectivity index (χ1) is 9.67. The Morgan fingerprint density at radius 2 is 1.90 bits per heavy atom. The summed E-state index contributed by atoms with van der Waals surface area (Å²) in [4.78, 5) is 15.2. The van der Waals surface area contributed by atoms with Crippen LogP contribution in [0.25, 0.3) is 11.5 Å². The van der Waals surface area contributed by atoms with E-state index in [2.05, 4.69) is 10.1 Å². The first kappa shape index (κ1) is 15.1. The van der Waals surface area contributed by atoms with Crippen molar-refractivity contribution in [3.63, 3.8) is 0 Å². The van der Waals surface area contributed by atoms with Gasteiger partial charge in [-0.25, -0.2) is 13.6 Å². The predicted molar refractivity (Wildman–Crippen MR) is 69.8 cm³/mol. The maximum absolute atomic E-state index is 13.3. The topological polar surface area (TPSA) is 76.2 Å². The summed E-state index contributed by atoms with van der Waals surface area (Å²) in [6, 6.07) is 1.34. The van der Waals surface area contributed by atoms with Crippen molar-refractivity contribution in [2.24, 2.45) is 5.41 Å². The van der Waals surface area contributed by atoms with Gasteiger partial charge in [0.2, 0.25) is 0 Å². The quantitative estimate of drug-likeness (QED) is 0.940. The molecule has 0 aliphatic rings. The van der Waals surface area contributed by atoms with E-state index in [-0.39, 0.29) is 16.9 Å². The van der Waals surface area contributed by atoms with Crippen molar-refractivity contribution < 1.29 is 23.2 Å². The molecule has 21 heavy (non-hydrogen) atoms. The third kappa shape index (κ3) is 3.42. The highest BCUT2D eigenvalue weighted by atomic mass is 19.2. The van der Waals surface area contributed by atoms with Crippen molar-refractivity contribution in [2.75, 3.05) is 0 Å². The Morgan fingerprint density at radius 1 is 1.29 bits per heavy atom. The summed E-state index contributed by atoms with van der Waals surface area (Å²) in [6.07, 6.45) is 0.503. The van der Waals surface area contributed by atoms with Crippen molar-refractivity contribution in [3.05, 3.63) is 35.2 Å². The molecule has 0 atom stereocenters. The van der Waals surface area contributed by atoms with Gasteiger partial charge in [-0.3, -0.25) is 0 Å². The number of halogens is 2. The Morgan fingerprint density at radius 3 is 2.48 bits per heavy atom. The molecule has 0 radical (unpaired) electrons. The lowest BCUT2D eigenvalue weighted by atomic mass is 9.92. The third-order valence-corrected chi connectivity index (χ3v) is 2.68. The van der Waals surface area contributed by atoms with E-state index in [1.54, 1.807) is 0 Å². The summed E-state index contributed by atoms with van der Waals surface area (Å²) < 4.78 is 31.5. The molecule has 0 aliphatic carbocycles. The van der Waals surface area contributed by atoms with Crippen molar-refractivity contribution in [1.82, 2.24) is 10.1 Å². The van der Waals surface area contributed by atoms with Crippen LogP contribution in [0, 0.1) is 17.0 Å². The number of aromatic nitrogens is 2. The van der Waals surface area contributed by atoms with Gasteiger partial charge in [0.15, 0.2) is 17.5 Å². The van der Waals surface area contributed by atoms with Crippen LogP contribution in [0.1, 0.15) is 37.0 Å². The van der Waals surface area contributed by atoms with Gasteiger partial charge in [-0.15, -0.1) is 0 Å². The molecule has 0 unspecified atom stereocenters. The molecule has 2 rings (SSSR count). The van der Waals surface area contributed by atoms with Crippen LogP contribution >= 0.6 is 0 Å². The van der Waals surface area contributed by atoms with Crippen LogP contribution in [0.15, 0.2) is 16.7 Å². The number of hydrogen-bond donors (Lipinski definition) is 1. The zero-order valence-electron chi connectivity index (χ0n) is 11.8. The molecule has 0 bridgehead atoms. The van der Waals surface area contributed by atoms with Gasteiger partial charge in [-0.1, -0.05) is 25.9 Å². The van der Waals surface area contributed by atoms with E-state index in [0.29, 0.717) is 18.3 Å². The highest BCUT2D eigenvalue weighted by Crippen LogP contribution is 2.26. The summed E-state index contributed by atoms with van der Waals surface area (Å²) >= 11 is 0. The summed E-state index contributed by atoms with van der Waals surface area (Å²) in [5.74, 6) is -3.60. The lowest BCUT2D eigenvalue weighted by molar-refractivity contribution is 0.0696. The molecule has 1 heterocycles. The van der Waals surface area contributed by atoms with E-state index in [0.717, 1.165) is 6.07 Å². The normalized spacial score (nSPS) is 11.7. The molecule has 0 fully saturated rings. The molecule has 0 amide bonds. The van der Waals surface area contributed by atoms with Crippen molar-refractivity contribution in [3.8, 4) is 11.5 Å². The molecule has 0 saturated heterocycles. The van der Waals surface area contributed by atoms with Crippen LogP contribution in [0.4, 0.5) is 8.78 Å². The second kappa shape index (κ2) is 5.23. The van der Waals surface area contributed by atoms with Gasteiger partial charge in [0.05, 0.1) is 11.1 Å². The first-order valence-corrected chi connectivity index (χ1v) is 6.23. The Kier molecular flexibility index (Phi) is 3.76. The molecule has 1 N–H and O–H groups in total. The molecule has 112 valence electrons. The lowest BCUT2D eigenvalue weighted by Crippen LogP contribution is -2.10. The SMILES string of the molecule is CC(C)(C)Cc1noc(-c2cc(F)c(F)cc2C(=O)O)n1. The largest absolute Gasteiger partial charge is 0.478 e. The van der Waals surface area contributed by atoms with Gasteiger partial charge in [-0.05, 0) is 17.5 Å². The van der Waals surface area contributed by atoms with Gasteiger partial charge >= 0.3 is 5.97 Å². The van der Waals surface area contributed by atoms with Gasteiger partial charge in [0.1, 0.15) is 0 Å². The smallest absolute Gasteiger partial charge is 0.336 e. The maximum atomic E-state index is 13.3. The molecule has 2 aromatic rings. The Labute approximate surface area is 119 Å². The number of rotatable bonds is 3. The highest BCUT2D eigenvalue weighted by Gasteiger charge is 2.22.